The Morgan fingerprint density at radius 2 is 1.85 bits per heavy atom. The quantitative estimate of drug-likeness (QED) is 0.607. The van der Waals surface area contributed by atoms with Crippen molar-refractivity contribution < 1.29 is 18.0 Å². The van der Waals surface area contributed by atoms with Gasteiger partial charge in [0.25, 0.3) is 0 Å². The summed E-state index contributed by atoms with van der Waals surface area (Å²) in [5, 5.41) is 0. The molecule has 0 aliphatic carbocycles. The van der Waals surface area contributed by atoms with Crippen LogP contribution in [0, 0.1) is 0 Å². The van der Waals surface area contributed by atoms with Crippen molar-refractivity contribution in [2.24, 2.45) is 0 Å². The number of hydrogen-bond acceptors (Lipinski definition) is 2. The lowest BCUT2D eigenvalue weighted by Gasteiger charge is -2.38. The van der Waals surface area contributed by atoms with Crippen LogP contribution in [-0.2, 0) is 6.18 Å². The van der Waals surface area contributed by atoms with Gasteiger partial charge in [-0.25, -0.2) is 0 Å². The van der Waals surface area contributed by atoms with Crippen LogP contribution in [0.25, 0.3) is 0 Å². The highest BCUT2D eigenvalue weighted by Crippen LogP contribution is 2.39. The Hall–Kier alpha value is -1.78. The molecule has 0 bridgehead atoms. The Bertz CT molecular complexity index is 501. The molecule has 0 radical (unpaired) electrons. The molecule has 1 aromatic rings. The van der Waals surface area contributed by atoms with Gasteiger partial charge in [0.05, 0.1) is 5.56 Å². The number of benzene rings is 1. The summed E-state index contributed by atoms with van der Waals surface area (Å²) in [6.45, 7) is 9.34. The molecule has 0 unspecified atom stereocenters. The smallest absolute Gasteiger partial charge is 0.362 e. The summed E-state index contributed by atoms with van der Waals surface area (Å²) in [4.78, 5) is 12.3. The summed E-state index contributed by atoms with van der Waals surface area (Å²) < 4.78 is 39.6. The lowest BCUT2D eigenvalue weighted by molar-refractivity contribution is -0.137. The minimum atomic E-state index is -4.51. The maximum absolute atomic E-state index is 13.2. The predicted molar refractivity (Wildman–Crippen MR) is 74.1 cm³/mol. The molecule has 20 heavy (non-hydrogen) atoms. The number of alkyl halides is 3. The molecule has 0 aliphatic rings. The molecule has 0 saturated heterocycles. The summed E-state index contributed by atoms with van der Waals surface area (Å²) in [6.07, 6.45) is -2.55. The first-order chi connectivity index (χ1) is 9.11. The van der Waals surface area contributed by atoms with E-state index < -0.39 is 17.3 Å². The van der Waals surface area contributed by atoms with E-state index in [4.69, 9.17) is 0 Å². The van der Waals surface area contributed by atoms with E-state index in [1.165, 1.54) is 12.1 Å². The normalized spacial score (nSPS) is 12.1. The molecule has 0 saturated carbocycles. The second-order valence-corrected chi connectivity index (χ2v) is 5.46. The maximum atomic E-state index is 13.2. The van der Waals surface area contributed by atoms with Crippen LogP contribution >= 0.6 is 0 Å². The fourth-order valence-electron chi connectivity index (χ4n) is 1.95. The average Bonchev–Trinajstić information content (AvgIpc) is 2.33. The fraction of sp³-hybridized carbons (Fsp3) is 0.400. The summed E-state index contributed by atoms with van der Waals surface area (Å²) >= 11 is 0. The SMILES string of the molecule is C=CCN(c1ccc(C=O)cc1C(F)(F)F)C(C)(C)C. The van der Waals surface area contributed by atoms with E-state index >= 15 is 0 Å². The highest BCUT2D eigenvalue weighted by molar-refractivity contribution is 5.77. The van der Waals surface area contributed by atoms with Crippen LogP contribution in [0.1, 0.15) is 36.7 Å². The molecule has 1 aromatic carbocycles. The lowest BCUT2D eigenvalue weighted by atomic mass is 10.0. The van der Waals surface area contributed by atoms with Crippen LogP contribution in [-0.4, -0.2) is 18.4 Å². The van der Waals surface area contributed by atoms with Gasteiger partial charge in [0, 0.05) is 23.3 Å². The van der Waals surface area contributed by atoms with E-state index in [1.807, 2.05) is 20.8 Å². The highest BCUT2D eigenvalue weighted by atomic mass is 19.4. The number of rotatable bonds is 4. The fourth-order valence-corrected chi connectivity index (χ4v) is 1.95. The van der Waals surface area contributed by atoms with Gasteiger partial charge in [-0.05, 0) is 39.0 Å². The molecule has 0 aromatic heterocycles. The maximum Gasteiger partial charge on any atom is 0.418 e. The zero-order valence-electron chi connectivity index (χ0n) is 11.8. The van der Waals surface area contributed by atoms with Crippen molar-refractivity contribution in [3.8, 4) is 0 Å². The molecule has 5 heteroatoms. The Morgan fingerprint density at radius 3 is 2.25 bits per heavy atom. The van der Waals surface area contributed by atoms with Crippen molar-refractivity contribution in [2.75, 3.05) is 11.4 Å². The zero-order chi connectivity index (χ0) is 15.6. The second kappa shape index (κ2) is 5.69. The lowest BCUT2D eigenvalue weighted by Crippen LogP contribution is -2.42. The Morgan fingerprint density at radius 1 is 1.25 bits per heavy atom. The molecular weight excluding hydrogens is 267 g/mol. The Balaban J connectivity index is 3.48. The van der Waals surface area contributed by atoms with Gasteiger partial charge in [-0.2, -0.15) is 13.2 Å². The third-order valence-electron chi connectivity index (χ3n) is 2.87. The number of carbonyl (C=O) groups excluding carboxylic acids is 1. The number of halogens is 3. The Labute approximate surface area is 116 Å². The number of anilines is 1. The van der Waals surface area contributed by atoms with Gasteiger partial charge in [0.2, 0.25) is 0 Å². The molecule has 0 aliphatic heterocycles. The highest BCUT2D eigenvalue weighted by Gasteiger charge is 2.36. The molecule has 0 amide bonds. The Kier molecular flexibility index (Phi) is 4.63. The average molecular weight is 285 g/mol. The molecule has 0 N–H and O–H groups in total. The number of carbonyl (C=O) groups is 1. The third kappa shape index (κ3) is 3.62. The van der Waals surface area contributed by atoms with Crippen molar-refractivity contribution in [1.82, 2.24) is 0 Å². The van der Waals surface area contributed by atoms with E-state index in [1.54, 1.807) is 11.0 Å². The van der Waals surface area contributed by atoms with Crippen LogP contribution in [0.3, 0.4) is 0 Å². The van der Waals surface area contributed by atoms with Crippen molar-refractivity contribution in [3.63, 3.8) is 0 Å². The molecule has 0 fully saturated rings. The van der Waals surface area contributed by atoms with Crippen molar-refractivity contribution in [1.29, 1.82) is 0 Å². The van der Waals surface area contributed by atoms with Crippen LogP contribution in [0.2, 0.25) is 0 Å². The summed E-state index contributed by atoms with van der Waals surface area (Å²) in [6, 6.07) is 3.60. The van der Waals surface area contributed by atoms with Gasteiger partial charge in [-0.15, -0.1) is 6.58 Å². The second-order valence-electron chi connectivity index (χ2n) is 5.46. The van der Waals surface area contributed by atoms with Gasteiger partial charge < -0.3 is 4.90 Å². The van der Waals surface area contributed by atoms with Gasteiger partial charge in [0.15, 0.2) is 0 Å². The van der Waals surface area contributed by atoms with Crippen molar-refractivity contribution in [3.05, 3.63) is 42.0 Å². The van der Waals surface area contributed by atoms with E-state index in [9.17, 15) is 18.0 Å². The van der Waals surface area contributed by atoms with Gasteiger partial charge in [0.1, 0.15) is 6.29 Å². The molecule has 1 rings (SSSR count). The largest absolute Gasteiger partial charge is 0.418 e. The summed E-state index contributed by atoms with van der Waals surface area (Å²) in [5.41, 5.74) is -1.25. The number of nitrogens with zero attached hydrogens (tertiary/aromatic N) is 1. The first kappa shape index (κ1) is 16.3. The number of aldehydes is 1. The van der Waals surface area contributed by atoms with Gasteiger partial charge in [-0.3, -0.25) is 4.79 Å². The first-order valence-corrected chi connectivity index (χ1v) is 6.16. The minimum absolute atomic E-state index is 0.00790. The zero-order valence-corrected chi connectivity index (χ0v) is 11.8. The van der Waals surface area contributed by atoms with E-state index in [2.05, 4.69) is 6.58 Å². The van der Waals surface area contributed by atoms with E-state index in [-0.39, 0.29) is 17.8 Å². The van der Waals surface area contributed by atoms with Crippen LogP contribution in [0.4, 0.5) is 18.9 Å². The molecule has 110 valence electrons. The van der Waals surface area contributed by atoms with Gasteiger partial charge in [-0.1, -0.05) is 6.08 Å². The molecule has 0 spiro atoms. The van der Waals surface area contributed by atoms with Crippen LogP contribution in [0.15, 0.2) is 30.9 Å². The van der Waals surface area contributed by atoms with E-state index in [0.29, 0.717) is 6.29 Å². The van der Waals surface area contributed by atoms with Crippen LogP contribution < -0.4 is 4.90 Å². The summed E-state index contributed by atoms with van der Waals surface area (Å²) in [5.74, 6) is 0. The van der Waals surface area contributed by atoms with Crippen LogP contribution in [0.5, 0.6) is 0 Å². The standard InChI is InChI=1S/C15H18F3NO/c1-5-8-19(14(2,3)4)13-7-6-11(10-20)9-12(13)15(16,17)18/h5-7,9-10H,1,8H2,2-4H3. The van der Waals surface area contributed by atoms with E-state index in [0.717, 1.165) is 6.07 Å². The third-order valence-corrected chi connectivity index (χ3v) is 2.87. The predicted octanol–water partition coefficient (Wildman–Crippen LogP) is 4.31. The molecular formula is C15H18F3NO. The van der Waals surface area contributed by atoms with Gasteiger partial charge >= 0.3 is 6.18 Å². The van der Waals surface area contributed by atoms with Crippen molar-refractivity contribution in [2.45, 2.75) is 32.5 Å². The monoisotopic (exact) mass is 285 g/mol. The molecule has 0 heterocycles. The first-order valence-electron chi connectivity index (χ1n) is 6.16. The summed E-state index contributed by atoms with van der Waals surface area (Å²) in [7, 11) is 0. The molecule has 0 atom stereocenters. The molecule has 2 nitrogen and oxygen atoms in total. The minimum Gasteiger partial charge on any atom is -0.362 e. The topological polar surface area (TPSA) is 20.3 Å². The van der Waals surface area contributed by atoms with Crippen molar-refractivity contribution >= 4 is 12.0 Å². The number of hydrogen-bond donors (Lipinski definition) is 0.